The van der Waals surface area contributed by atoms with Gasteiger partial charge >= 0.3 is 5.97 Å². The molecule has 4 N–H and O–H groups in total. The molecule has 1 heterocycles. The molecule has 10 heteroatoms. The molecule has 2 aromatic rings. The molecule has 2 rings (SSSR count). The third-order valence-corrected chi connectivity index (χ3v) is 5.91. The number of thioether (sulfide) groups is 1. The number of anilines is 2. The van der Waals surface area contributed by atoms with Gasteiger partial charge < -0.3 is 25.8 Å². The van der Waals surface area contributed by atoms with E-state index in [2.05, 4.69) is 10.6 Å². The number of carbonyl (C=O) groups excluding carboxylic acids is 3. The Morgan fingerprint density at radius 2 is 1.93 bits per heavy atom. The number of ether oxygens (including phenoxy) is 2. The molecule has 0 aliphatic carbocycles. The fourth-order valence-electron chi connectivity index (χ4n) is 2.51. The number of nitrogens with two attached hydrogens (primary N) is 1. The predicted molar refractivity (Wildman–Crippen MR) is 115 cm³/mol. The molecule has 0 aliphatic rings. The molecule has 8 nitrogen and oxygen atoms in total. The van der Waals surface area contributed by atoms with E-state index >= 15 is 0 Å². The average Bonchev–Trinajstić information content (AvgIpc) is 3.02. The van der Waals surface area contributed by atoms with Crippen molar-refractivity contribution < 1.29 is 23.9 Å². The number of esters is 1. The normalized spacial score (nSPS) is 10.4. The van der Waals surface area contributed by atoms with Crippen LogP contribution < -0.4 is 16.4 Å². The molecule has 2 amide bonds. The lowest BCUT2D eigenvalue weighted by Crippen LogP contribution is -2.23. The Balaban J connectivity index is 2.15. The van der Waals surface area contributed by atoms with Crippen LogP contribution in [0.15, 0.2) is 29.2 Å². The second kappa shape index (κ2) is 10.8. The Labute approximate surface area is 177 Å². The van der Waals surface area contributed by atoms with Gasteiger partial charge in [0, 0.05) is 17.7 Å². The smallest absolute Gasteiger partial charge is 0.341 e. The van der Waals surface area contributed by atoms with Crippen molar-refractivity contribution in [1.29, 1.82) is 0 Å². The van der Waals surface area contributed by atoms with E-state index in [0.29, 0.717) is 5.56 Å². The molecule has 0 atom stereocenters. The van der Waals surface area contributed by atoms with Crippen molar-refractivity contribution in [2.45, 2.75) is 11.8 Å². The highest BCUT2D eigenvalue weighted by Crippen LogP contribution is 2.33. The minimum Gasteiger partial charge on any atom is -0.460 e. The van der Waals surface area contributed by atoms with Crippen LogP contribution >= 0.6 is 23.1 Å². The van der Waals surface area contributed by atoms with E-state index in [4.69, 9.17) is 15.2 Å². The second-order valence-corrected chi connectivity index (χ2v) is 7.72. The minimum atomic E-state index is -0.675. The maximum Gasteiger partial charge on any atom is 0.341 e. The van der Waals surface area contributed by atoms with Crippen LogP contribution in [0, 0.1) is 6.92 Å². The maximum atomic E-state index is 12.4. The van der Waals surface area contributed by atoms with Crippen molar-refractivity contribution in [3.05, 3.63) is 40.3 Å². The summed E-state index contributed by atoms with van der Waals surface area (Å²) in [6.07, 6.45) is 1.95. The molecule has 0 saturated heterocycles. The Hall–Kier alpha value is -2.56. The molecule has 0 aliphatic heterocycles. The number of amides is 2. The first-order valence-electron chi connectivity index (χ1n) is 8.65. The zero-order chi connectivity index (χ0) is 21.4. The van der Waals surface area contributed by atoms with Gasteiger partial charge in [0.05, 0.1) is 23.6 Å². The topological polar surface area (TPSA) is 120 Å². The number of rotatable bonds is 10. The van der Waals surface area contributed by atoms with E-state index in [1.54, 1.807) is 18.7 Å². The zero-order valence-corrected chi connectivity index (χ0v) is 18.0. The van der Waals surface area contributed by atoms with Crippen LogP contribution in [0.2, 0.25) is 0 Å². The number of thiophene rings is 1. The Morgan fingerprint density at radius 1 is 1.21 bits per heavy atom. The number of hydrogen-bond donors (Lipinski definition) is 3. The molecule has 29 heavy (non-hydrogen) atoms. The van der Waals surface area contributed by atoms with E-state index in [0.717, 1.165) is 21.9 Å². The Morgan fingerprint density at radius 3 is 2.59 bits per heavy atom. The minimum absolute atomic E-state index is 0.0153. The summed E-state index contributed by atoms with van der Waals surface area (Å²) in [5, 5.41) is 5.97. The first-order valence-corrected chi connectivity index (χ1v) is 10.7. The Bertz CT molecular complexity index is 898. The lowest BCUT2D eigenvalue weighted by Gasteiger charge is -2.11. The lowest BCUT2D eigenvalue weighted by molar-refractivity contribution is -0.114. The van der Waals surface area contributed by atoms with Crippen molar-refractivity contribution >= 4 is 51.6 Å². The van der Waals surface area contributed by atoms with Gasteiger partial charge in [-0.25, -0.2) is 4.79 Å². The third-order valence-electron chi connectivity index (χ3n) is 3.89. The molecule has 0 saturated carbocycles. The fraction of sp³-hybridized carbons (Fsp3) is 0.316. The summed E-state index contributed by atoms with van der Waals surface area (Å²) in [7, 11) is 1.49. The maximum absolute atomic E-state index is 12.4. The average molecular weight is 438 g/mol. The molecular weight excluding hydrogens is 414 g/mol. The van der Waals surface area contributed by atoms with E-state index in [9.17, 15) is 14.4 Å². The van der Waals surface area contributed by atoms with Gasteiger partial charge in [0.15, 0.2) is 0 Å². The monoisotopic (exact) mass is 437 g/mol. The first kappa shape index (κ1) is 22.7. The fourth-order valence-corrected chi connectivity index (χ4v) is 4.15. The second-order valence-electron chi connectivity index (χ2n) is 5.86. The van der Waals surface area contributed by atoms with Crippen molar-refractivity contribution in [3.63, 3.8) is 0 Å². The van der Waals surface area contributed by atoms with Crippen molar-refractivity contribution in [3.8, 4) is 0 Å². The van der Waals surface area contributed by atoms with Crippen molar-refractivity contribution in [2.75, 3.05) is 43.8 Å². The summed E-state index contributed by atoms with van der Waals surface area (Å²) >= 11 is 2.51. The van der Waals surface area contributed by atoms with Crippen molar-refractivity contribution in [2.24, 2.45) is 5.73 Å². The predicted octanol–water partition coefficient (Wildman–Crippen LogP) is 2.73. The van der Waals surface area contributed by atoms with Crippen LogP contribution in [-0.4, -0.2) is 50.9 Å². The number of benzene rings is 1. The molecule has 1 aromatic carbocycles. The first-order chi connectivity index (χ1) is 13.9. The summed E-state index contributed by atoms with van der Waals surface area (Å²) in [6.45, 7) is 1.86. The zero-order valence-electron chi connectivity index (χ0n) is 16.4. The Kier molecular flexibility index (Phi) is 8.50. The van der Waals surface area contributed by atoms with Crippen molar-refractivity contribution in [1.82, 2.24) is 0 Å². The molecule has 156 valence electrons. The summed E-state index contributed by atoms with van der Waals surface area (Å²) < 4.78 is 10.0. The molecule has 0 unspecified atom stereocenters. The largest absolute Gasteiger partial charge is 0.460 e. The number of para-hydroxylation sites is 1. The summed E-state index contributed by atoms with van der Waals surface area (Å²) in [4.78, 5) is 37.8. The van der Waals surface area contributed by atoms with Crippen LogP contribution in [0.1, 0.15) is 25.6 Å². The third kappa shape index (κ3) is 5.96. The summed E-state index contributed by atoms with van der Waals surface area (Å²) in [5.74, 6) is -1.70. The van der Waals surface area contributed by atoms with Crippen LogP contribution in [0.5, 0.6) is 0 Å². The van der Waals surface area contributed by atoms with Gasteiger partial charge in [-0.15, -0.1) is 23.1 Å². The van der Waals surface area contributed by atoms with E-state index < -0.39 is 11.9 Å². The van der Waals surface area contributed by atoms with Crippen LogP contribution in [0.25, 0.3) is 0 Å². The van der Waals surface area contributed by atoms with Crippen LogP contribution in [0.4, 0.5) is 10.7 Å². The number of carbonyl (C=O) groups is 3. The summed E-state index contributed by atoms with van der Waals surface area (Å²) in [6, 6.07) is 7.60. The molecular formula is C19H23N3O5S2. The van der Waals surface area contributed by atoms with Gasteiger partial charge in [-0.3, -0.25) is 9.59 Å². The van der Waals surface area contributed by atoms with Crippen LogP contribution in [-0.2, 0) is 14.3 Å². The molecule has 0 fully saturated rings. The molecule has 0 bridgehead atoms. The van der Waals surface area contributed by atoms with Gasteiger partial charge in [0.25, 0.3) is 5.91 Å². The number of primary amides is 1. The number of nitrogens with one attached hydrogen (secondary N) is 2. The van der Waals surface area contributed by atoms with Gasteiger partial charge in [-0.2, -0.15) is 0 Å². The lowest BCUT2D eigenvalue weighted by atomic mass is 10.1. The number of methoxy groups -OCH3 is 1. The molecule has 0 spiro atoms. The van der Waals surface area contributed by atoms with Gasteiger partial charge in [0.1, 0.15) is 11.6 Å². The van der Waals surface area contributed by atoms with Crippen LogP contribution in [0.3, 0.4) is 0 Å². The highest BCUT2D eigenvalue weighted by atomic mass is 32.2. The van der Waals surface area contributed by atoms with E-state index in [1.807, 2.05) is 30.5 Å². The quantitative estimate of drug-likeness (QED) is 0.297. The summed E-state index contributed by atoms with van der Waals surface area (Å²) in [5.41, 5.74) is 6.72. The van der Waals surface area contributed by atoms with Gasteiger partial charge in [-0.1, -0.05) is 12.1 Å². The van der Waals surface area contributed by atoms with Gasteiger partial charge in [0.2, 0.25) is 5.91 Å². The van der Waals surface area contributed by atoms with E-state index in [1.165, 1.54) is 7.11 Å². The molecule has 0 radical (unpaired) electrons. The number of hydrogen-bond acceptors (Lipinski definition) is 8. The van der Waals surface area contributed by atoms with Gasteiger partial charge in [-0.05, 0) is 30.9 Å². The standard InChI is InChI=1S/C19H23N3O5S2/c1-11-15(19(25)27-9-8-26-2)18(29-16(11)17(20)24)22-14(23)10-21-12-6-4-5-7-13(12)28-3/h4-7,21H,8-10H2,1-3H3,(H2,20,24)(H,22,23). The van der Waals surface area contributed by atoms with E-state index in [-0.39, 0.29) is 41.1 Å². The highest BCUT2D eigenvalue weighted by Gasteiger charge is 2.25. The highest BCUT2D eigenvalue weighted by molar-refractivity contribution is 7.98. The molecule has 1 aromatic heterocycles. The SMILES string of the molecule is COCCOC(=O)c1c(NC(=O)CNc2ccccc2SC)sc(C(N)=O)c1C.